The zero-order valence-corrected chi connectivity index (χ0v) is 19.7. The summed E-state index contributed by atoms with van der Waals surface area (Å²) in [6, 6.07) is 35.6. The Kier molecular flexibility index (Phi) is 8.03. The maximum atomic E-state index is 14.1. The fourth-order valence-corrected chi connectivity index (χ4v) is 4.33. The van der Waals surface area contributed by atoms with Crippen molar-refractivity contribution in [3.63, 3.8) is 0 Å². The van der Waals surface area contributed by atoms with E-state index < -0.39 is 0 Å². The molecule has 0 heterocycles. The molecule has 172 valence electrons. The van der Waals surface area contributed by atoms with Crippen molar-refractivity contribution in [1.29, 1.82) is 0 Å². The fourth-order valence-electron chi connectivity index (χ4n) is 4.33. The molecule has 0 radical (unpaired) electrons. The van der Waals surface area contributed by atoms with Crippen LogP contribution in [0.5, 0.6) is 0 Å². The third kappa shape index (κ3) is 5.17. The van der Waals surface area contributed by atoms with Crippen molar-refractivity contribution in [2.45, 2.75) is 26.1 Å². The maximum Gasteiger partial charge on any atom is 0.193 e. The molecule has 34 heavy (non-hydrogen) atoms. The normalized spacial score (nSPS) is 12.8. The highest BCUT2D eigenvalue weighted by atomic mass is 16.5. The van der Waals surface area contributed by atoms with Gasteiger partial charge in [0.15, 0.2) is 5.78 Å². The molecule has 3 nitrogen and oxygen atoms in total. The number of ketones is 1. The third-order valence-electron chi connectivity index (χ3n) is 5.85. The van der Waals surface area contributed by atoms with Gasteiger partial charge in [-0.2, -0.15) is 0 Å². The summed E-state index contributed by atoms with van der Waals surface area (Å²) in [5.74, 6) is -0.0348. The zero-order valence-electron chi connectivity index (χ0n) is 19.7. The van der Waals surface area contributed by atoms with Crippen LogP contribution < -0.4 is 0 Å². The van der Waals surface area contributed by atoms with E-state index in [1.807, 2.05) is 123 Å². The molecule has 0 aliphatic rings. The van der Waals surface area contributed by atoms with Crippen LogP contribution in [0.3, 0.4) is 0 Å². The molecule has 2 atom stereocenters. The van der Waals surface area contributed by atoms with E-state index in [0.29, 0.717) is 24.3 Å². The Morgan fingerprint density at radius 2 is 0.912 bits per heavy atom. The minimum atomic E-state index is -0.324. The van der Waals surface area contributed by atoms with Gasteiger partial charge >= 0.3 is 0 Å². The maximum absolute atomic E-state index is 14.1. The molecule has 0 bridgehead atoms. The number of carbonyl (C=O) groups excluding carboxylic acids is 1. The molecule has 0 fully saturated rings. The van der Waals surface area contributed by atoms with Gasteiger partial charge in [0.2, 0.25) is 0 Å². The van der Waals surface area contributed by atoms with Crippen molar-refractivity contribution in [2.24, 2.45) is 0 Å². The molecule has 0 spiro atoms. The average Bonchev–Trinajstić information content (AvgIpc) is 2.91. The first-order valence-electron chi connectivity index (χ1n) is 11.8. The van der Waals surface area contributed by atoms with Gasteiger partial charge in [-0.25, -0.2) is 0 Å². The van der Waals surface area contributed by atoms with E-state index in [1.54, 1.807) is 0 Å². The predicted molar refractivity (Wildman–Crippen MR) is 136 cm³/mol. The summed E-state index contributed by atoms with van der Waals surface area (Å²) < 4.78 is 12.3. The van der Waals surface area contributed by atoms with Crippen LogP contribution in [0.15, 0.2) is 109 Å². The van der Waals surface area contributed by atoms with E-state index >= 15 is 0 Å². The Balaban J connectivity index is 1.80. The van der Waals surface area contributed by atoms with E-state index in [0.717, 1.165) is 22.3 Å². The monoisotopic (exact) mass is 450 g/mol. The summed E-state index contributed by atoms with van der Waals surface area (Å²) in [6.45, 7) is 5.03. The topological polar surface area (TPSA) is 35.5 Å². The molecule has 4 aromatic rings. The van der Waals surface area contributed by atoms with Gasteiger partial charge in [0.05, 0.1) is 0 Å². The van der Waals surface area contributed by atoms with Crippen LogP contribution in [0.25, 0.3) is 0 Å². The van der Waals surface area contributed by atoms with Crippen LogP contribution in [-0.2, 0) is 9.47 Å². The summed E-state index contributed by atoms with van der Waals surface area (Å²) in [7, 11) is 0. The van der Waals surface area contributed by atoms with E-state index in [1.165, 1.54) is 0 Å². The first kappa shape index (κ1) is 23.6. The first-order chi connectivity index (χ1) is 16.7. The number of carbonyl (C=O) groups is 1. The predicted octanol–water partition coefficient (Wildman–Crippen LogP) is 7.17. The van der Waals surface area contributed by atoms with E-state index in [4.69, 9.17) is 9.47 Å². The third-order valence-corrected chi connectivity index (χ3v) is 5.85. The van der Waals surface area contributed by atoms with Crippen molar-refractivity contribution in [3.05, 3.63) is 143 Å². The minimum absolute atomic E-state index is 0.0348. The summed E-state index contributed by atoms with van der Waals surface area (Å²) in [5, 5.41) is 0. The highest BCUT2D eigenvalue weighted by molar-refractivity contribution is 6.11. The van der Waals surface area contributed by atoms with Crippen molar-refractivity contribution < 1.29 is 14.3 Å². The first-order valence-corrected chi connectivity index (χ1v) is 11.8. The number of rotatable bonds is 10. The molecule has 0 aromatic heterocycles. The SMILES string of the molecule is CCOC(c1ccccc1)c1ccccc1C(=O)c1ccccc1C(OCC)c1ccccc1. The summed E-state index contributed by atoms with van der Waals surface area (Å²) in [4.78, 5) is 14.1. The van der Waals surface area contributed by atoms with Crippen LogP contribution in [0.4, 0.5) is 0 Å². The molecule has 0 aliphatic carbocycles. The van der Waals surface area contributed by atoms with Crippen LogP contribution in [0.2, 0.25) is 0 Å². The number of benzene rings is 4. The van der Waals surface area contributed by atoms with Crippen LogP contribution >= 0.6 is 0 Å². The van der Waals surface area contributed by atoms with Gasteiger partial charge in [0, 0.05) is 24.3 Å². The van der Waals surface area contributed by atoms with Crippen LogP contribution in [0, 0.1) is 0 Å². The molecule has 2 unspecified atom stereocenters. The van der Waals surface area contributed by atoms with Crippen molar-refractivity contribution in [3.8, 4) is 0 Å². The van der Waals surface area contributed by atoms with Gasteiger partial charge in [-0.05, 0) is 36.1 Å². The van der Waals surface area contributed by atoms with Crippen molar-refractivity contribution in [1.82, 2.24) is 0 Å². The van der Waals surface area contributed by atoms with Gasteiger partial charge < -0.3 is 9.47 Å². The average molecular weight is 451 g/mol. The van der Waals surface area contributed by atoms with Crippen molar-refractivity contribution >= 4 is 5.78 Å². The molecule has 4 rings (SSSR count). The summed E-state index contributed by atoms with van der Waals surface area (Å²) in [5.41, 5.74) is 5.05. The Morgan fingerprint density at radius 1 is 0.559 bits per heavy atom. The van der Waals surface area contributed by atoms with Gasteiger partial charge in [-0.1, -0.05) is 109 Å². The lowest BCUT2D eigenvalue weighted by molar-refractivity contribution is 0.0864. The van der Waals surface area contributed by atoms with E-state index in [9.17, 15) is 4.79 Å². The standard InChI is InChI=1S/C31H30O3/c1-3-33-30(23-15-7-5-8-16-23)27-21-13-11-19-25(27)29(32)26-20-12-14-22-28(26)31(34-4-2)24-17-9-6-10-18-24/h5-22,30-31H,3-4H2,1-2H3. The molecular weight excluding hydrogens is 420 g/mol. The highest BCUT2D eigenvalue weighted by Crippen LogP contribution is 2.33. The van der Waals surface area contributed by atoms with E-state index in [2.05, 4.69) is 0 Å². The summed E-state index contributed by atoms with van der Waals surface area (Å²) >= 11 is 0. The molecular formula is C31H30O3. The smallest absolute Gasteiger partial charge is 0.193 e. The summed E-state index contributed by atoms with van der Waals surface area (Å²) in [6.07, 6.45) is -0.648. The number of hydrogen-bond acceptors (Lipinski definition) is 3. The quantitative estimate of drug-likeness (QED) is 0.240. The van der Waals surface area contributed by atoms with Crippen LogP contribution in [0.1, 0.15) is 64.2 Å². The molecule has 0 amide bonds. The second-order valence-corrected chi connectivity index (χ2v) is 8.00. The number of hydrogen-bond donors (Lipinski definition) is 0. The van der Waals surface area contributed by atoms with Crippen molar-refractivity contribution in [2.75, 3.05) is 13.2 Å². The zero-order chi connectivity index (χ0) is 23.8. The Hall–Kier alpha value is -3.53. The van der Waals surface area contributed by atoms with Gasteiger partial charge in [-0.15, -0.1) is 0 Å². The Morgan fingerprint density at radius 3 is 1.29 bits per heavy atom. The Bertz CT molecular complexity index is 1110. The fraction of sp³-hybridized carbons (Fsp3) is 0.194. The minimum Gasteiger partial charge on any atom is -0.369 e. The lowest BCUT2D eigenvalue weighted by Gasteiger charge is -2.23. The lowest BCUT2D eigenvalue weighted by atomic mass is 9.88. The molecule has 0 saturated heterocycles. The van der Waals surface area contributed by atoms with Gasteiger partial charge in [-0.3, -0.25) is 4.79 Å². The lowest BCUT2D eigenvalue weighted by Crippen LogP contribution is -2.16. The van der Waals surface area contributed by atoms with Gasteiger partial charge in [0.25, 0.3) is 0 Å². The second kappa shape index (κ2) is 11.6. The molecule has 0 N–H and O–H groups in total. The highest BCUT2D eigenvalue weighted by Gasteiger charge is 2.26. The largest absolute Gasteiger partial charge is 0.369 e. The molecule has 0 saturated carbocycles. The second-order valence-electron chi connectivity index (χ2n) is 8.00. The van der Waals surface area contributed by atoms with Crippen LogP contribution in [-0.4, -0.2) is 19.0 Å². The van der Waals surface area contributed by atoms with E-state index in [-0.39, 0.29) is 18.0 Å². The van der Waals surface area contributed by atoms with Gasteiger partial charge in [0.1, 0.15) is 12.2 Å². The molecule has 3 heteroatoms. The molecule has 4 aromatic carbocycles. The number of ether oxygens (including phenoxy) is 2. The Labute approximate surface area is 202 Å². The molecule has 0 aliphatic heterocycles.